The first-order valence-electron chi connectivity index (χ1n) is 2.39. The first kappa shape index (κ1) is 8.15. The molecular weight excluding hydrogens is 127 g/mol. The van der Waals surface area contributed by atoms with Crippen LogP contribution in [-0.2, 0) is 13.8 Å². The summed E-state index contributed by atoms with van der Waals surface area (Å²) in [6.45, 7) is 2.51. The first-order chi connectivity index (χ1) is 3.77. The van der Waals surface area contributed by atoms with Crippen molar-refractivity contribution in [2.75, 3.05) is 27.0 Å². The number of rotatable bonds is 4. The normalized spacial score (nSPS) is 13.8. The van der Waals surface area contributed by atoms with E-state index in [2.05, 4.69) is 4.74 Å². The summed E-state index contributed by atoms with van der Waals surface area (Å²) in [5.41, 5.74) is 0. The topological polar surface area (TPSA) is 35.5 Å². The van der Waals surface area contributed by atoms with E-state index in [0.717, 1.165) is 0 Å². The van der Waals surface area contributed by atoms with Gasteiger partial charge >= 0.3 is 0 Å². The Morgan fingerprint density at radius 1 is 1.50 bits per heavy atom. The maximum Gasteiger partial charge on any atom is 0.188 e. The zero-order valence-corrected chi connectivity index (χ0v) is 6.14. The average Bonchev–Trinajstić information content (AvgIpc) is 1.66. The van der Waals surface area contributed by atoms with Crippen molar-refractivity contribution in [3.05, 3.63) is 0 Å². The Hall–Kier alpha value is 0.150. The molecule has 3 nitrogen and oxygen atoms in total. The average molecular weight is 138 g/mol. The van der Waals surface area contributed by atoms with Crippen molar-refractivity contribution in [1.29, 1.82) is 0 Å². The highest BCUT2D eigenvalue weighted by atomic mass is 31.1. The van der Waals surface area contributed by atoms with E-state index in [-0.39, 0.29) is 0 Å². The predicted molar refractivity (Wildman–Crippen MR) is 32.8 cm³/mol. The SMILES string of the molecule is COCCO[PH](C)=O. The molecule has 0 saturated carbocycles. The molecular formula is C4H11O3P. The van der Waals surface area contributed by atoms with Crippen molar-refractivity contribution in [1.82, 2.24) is 0 Å². The van der Waals surface area contributed by atoms with Gasteiger partial charge in [0.25, 0.3) is 0 Å². The fourth-order valence-corrected chi connectivity index (χ4v) is 0.640. The van der Waals surface area contributed by atoms with Gasteiger partial charge in [0.1, 0.15) is 0 Å². The van der Waals surface area contributed by atoms with Crippen molar-refractivity contribution < 1.29 is 13.8 Å². The minimum absolute atomic E-state index is 0.435. The fourth-order valence-electron chi connectivity index (χ4n) is 0.269. The molecule has 0 bridgehead atoms. The van der Waals surface area contributed by atoms with Crippen LogP contribution in [-0.4, -0.2) is 27.0 Å². The van der Waals surface area contributed by atoms with Crippen molar-refractivity contribution in [2.24, 2.45) is 0 Å². The maximum absolute atomic E-state index is 10.2. The van der Waals surface area contributed by atoms with Gasteiger partial charge in [-0.2, -0.15) is 0 Å². The van der Waals surface area contributed by atoms with Gasteiger partial charge in [0.2, 0.25) is 0 Å². The largest absolute Gasteiger partial charge is 0.382 e. The van der Waals surface area contributed by atoms with E-state index in [1.54, 1.807) is 13.8 Å². The zero-order valence-electron chi connectivity index (χ0n) is 5.14. The molecule has 0 amide bonds. The van der Waals surface area contributed by atoms with Crippen LogP contribution in [0.5, 0.6) is 0 Å². The summed E-state index contributed by atoms with van der Waals surface area (Å²) < 4.78 is 19.6. The summed E-state index contributed by atoms with van der Waals surface area (Å²) in [6.07, 6.45) is 0. The standard InChI is InChI=1S/C4H11O3P/c1-6-3-4-7-8(2)5/h8H,3-4H2,1-2H3. The van der Waals surface area contributed by atoms with Crippen LogP contribution in [0.3, 0.4) is 0 Å². The third-order valence-electron chi connectivity index (χ3n) is 0.593. The molecule has 0 fully saturated rings. The van der Waals surface area contributed by atoms with Gasteiger partial charge in [-0.3, -0.25) is 4.57 Å². The second-order valence-corrected chi connectivity index (χ2v) is 2.60. The van der Waals surface area contributed by atoms with E-state index >= 15 is 0 Å². The molecule has 50 valence electrons. The van der Waals surface area contributed by atoms with Crippen LogP contribution in [0.25, 0.3) is 0 Å². The monoisotopic (exact) mass is 138 g/mol. The van der Waals surface area contributed by atoms with Crippen molar-refractivity contribution in [3.8, 4) is 0 Å². The quantitative estimate of drug-likeness (QED) is 0.425. The molecule has 0 aliphatic carbocycles. The third-order valence-corrected chi connectivity index (χ3v) is 1.20. The van der Waals surface area contributed by atoms with Crippen LogP contribution in [0.2, 0.25) is 0 Å². The van der Waals surface area contributed by atoms with Gasteiger partial charge in [-0.05, 0) is 0 Å². The molecule has 4 heteroatoms. The van der Waals surface area contributed by atoms with E-state index in [4.69, 9.17) is 4.52 Å². The summed E-state index contributed by atoms with van der Waals surface area (Å²) in [7, 11) is -0.157. The second-order valence-electron chi connectivity index (χ2n) is 1.33. The highest BCUT2D eigenvalue weighted by molar-refractivity contribution is 7.38. The third kappa shape index (κ3) is 6.15. The van der Waals surface area contributed by atoms with Crippen molar-refractivity contribution in [2.45, 2.75) is 0 Å². The summed E-state index contributed by atoms with van der Waals surface area (Å²) in [4.78, 5) is 0. The summed E-state index contributed by atoms with van der Waals surface area (Å²) in [6, 6.07) is 0. The summed E-state index contributed by atoms with van der Waals surface area (Å²) in [5, 5.41) is 0. The molecule has 0 aromatic rings. The lowest BCUT2D eigenvalue weighted by Gasteiger charge is -1.96. The van der Waals surface area contributed by atoms with Crippen LogP contribution < -0.4 is 0 Å². The lowest BCUT2D eigenvalue weighted by Crippen LogP contribution is -1.95. The van der Waals surface area contributed by atoms with Crippen molar-refractivity contribution in [3.63, 3.8) is 0 Å². The molecule has 0 heterocycles. The molecule has 1 atom stereocenters. The van der Waals surface area contributed by atoms with Gasteiger partial charge in [-0.25, -0.2) is 0 Å². The van der Waals surface area contributed by atoms with Gasteiger partial charge in [0, 0.05) is 13.8 Å². The highest BCUT2D eigenvalue weighted by Crippen LogP contribution is 2.13. The van der Waals surface area contributed by atoms with Crippen molar-refractivity contribution >= 4 is 8.03 Å². The summed E-state index contributed by atoms with van der Waals surface area (Å²) in [5.74, 6) is 0. The van der Waals surface area contributed by atoms with Crippen LogP contribution in [0.4, 0.5) is 0 Å². The Labute approximate surface area is 49.9 Å². The molecule has 0 saturated heterocycles. The Morgan fingerprint density at radius 2 is 2.12 bits per heavy atom. The molecule has 0 spiro atoms. The second kappa shape index (κ2) is 5.29. The lowest BCUT2D eigenvalue weighted by molar-refractivity contribution is 0.151. The highest BCUT2D eigenvalue weighted by Gasteiger charge is 1.86. The number of hydrogen-bond acceptors (Lipinski definition) is 3. The first-order valence-corrected chi connectivity index (χ1v) is 4.21. The Balaban J connectivity index is 2.82. The van der Waals surface area contributed by atoms with Gasteiger partial charge in [0.15, 0.2) is 8.03 Å². The summed E-state index contributed by atoms with van der Waals surface area (Å²) >= 11 is 0. The molecule has 0 radical (unpaired) electrons. The Morgan fingerprint density at radius 3 is 2.50 bits per heavy atom. The van der Waals surface area contributed by atoms with E-state index in [0.29, 0.717) is 13.2 Å². The molecule has 0 aromatic heterocycles. The Bertz CT molecular complexity index is 73.7. The van der Waals surface area contributed by atoms with Crippen LogP contribution >= 0.6 is 8.03 Å². The minimum atomic E-state index is -1.74. The number of hydrogen-bond donors (Lipinski definition) is 0. The van der Waals surface area contributed by atoms with Crippen LogP contribution in [0, 0.1) is 0 Å². The molecule has 0 aliphatic rings. The lowest BCUT2D eigenvalue weighted by atomic mass is 10.8. The Kier molecular flexibility index (Phi) is 5.39. The number of methoxy groups -OCH3 is 1. The van der Waals surface area contributed by atoms with Crippen LogP contribution in [0.1, 0.15) is 0 Å². The van der Waals surface area contributed by atoms with E-state index in [9.17, 15) is 4.57 Å². The molecule has 0 aromatic carbocycles. The minimum Gasteiger partial charge on any atom is -0.382 e. The van der Waals surface area contributed by atoms with E-state index in [1.807, 2.05) is 0 Å². The van der Waals surface area contributed by atoms with E-state index < -0.39 is 8.03 Å². The zero-order chi connectivity index (χ0) is 6.41. The molecule has 0 aliphatic heterocycles. The predicted octanol–water partition coefficient (Wildman–Crippen LogP) is 0.754. The van der Waals surface area contributed by atoms with Crippen LogP contribution in [0.15, 0.2) is 0 Å². The maximum atomic E-state index is 10.2. The van der Waals surface area contributed by atoms with Gasteiger partial charge in [-0.1, -0.05) is 0 Å². The molecule has 1 unspecified atom stereocenters. The fraction of sp³-hybridized carbons (Fsp3) is 1.00. The van der Waals surface area contributed by atoms with Gasteiger partial charge < -0.3 is 9.26 Å². The van der Waals surface area contributed by atoms with Gasteiger partial charge in [-0.15, -0.1) is 0 Å². The van der Waals surface area contributed by atoms with E-state index in [1.165, 1.54) is 0 Å². The van der Waals surface area contributed by atoms with Gasteiger partial charge in [0.05, 0.1) is 13.2 Å². The smallest absolute Gasteiger partial charge is 0.188 e. The molecule has 0 rings (SSSR count). The number of ether oxygens (including phenoxy) is 1. The molecule has 0 N–H and O–H groups in total. The molecule has 8 heavy (non-hydrogen) atoms.